The van der Waals surface area contributed by atoms with Crippen molar-refractivity contribution < 1.29 is 19.4 Å². The van der Waals surface area contributed by atoms with Gasteiger partial charge >= 0.3 is 0 Å². The second kappa shape index (κ2) is 3.14. The van der Waals surface area contributed by atoms with E-state index in [4.69, 9.17) is 9.78 Å². The SMILES string of the molecule is C[C@@H]1C(=O)C[C@H]2C[C@@H]1OO[C@@]2(C)C=O. The van der Waals surface area contributed by atoms with E-state index in [1.54, 1.807) is 6.92 Å². The zero-order valence-corrected chi connectivity index (χ0v) is 8.36. The van der Waals surface area contributed by atoms with Gasteiger partial charge in [0, 0.05) is 18.3 Å². The number of ketones is 1. The molecule has 0 aromatic heterocycles. The Kier molecular flexibility index (Phi) is 2.20. The van der Waals surface area contributed by atoms with E-state index in [1.165, 1.54) is 0 Å². The summed E-state index contributed by atoms with van der Waals surface area (Å²) in [5.41, 5.74) is -0.938. The molecule has 1 aliphatic carbocycles. The molecule has 1 heterocycles. The van der Waals surface area contributed by atoms with E-state index in [1.807, 2.05) is 6.92 Å². The number of Topliss-reactive ketones (excluding diaryl/α,β-unsaturated/α-hetero) is 1. The van der Waals surface area contributed by atoms with Gasteiger partial charge in [0.2, 0.25) is 0 Å². The minimum absolute atomic E-state index is 0.0255. The molecule has 4 nitrogen and oxygen atoms in total. The van der Waals surface area contributed by atoms with Gasteiger partial charge in [-0.25, -0.2) is 9.78 Å². The fourth-order valence-electron chi connectivity index (χ4n) is 2.11. The topological polar surface area (TPSA) is 52.6 Å². The Bertz CT molecular complexity index is 275. The van der Waals surface area contributed by atoms with Crippen molar-refractivity contribution >= 4 is 12.1 Å². The largest absolute Gasteiger partial charge is 0.300 e. The first-order valence-electron chi connectivity index (χ1n) is 4.90. The number of carbonyl (C=O) groups is 2. The van der Waals surface area contributed by atoms with Crippen molar-refractivity contribution in [2.45, 2.75) is 38.4 Å². The number of fused-ring (bicyclic) bond motifs is 2. The Morgan fingerprint density at radius 1 is 1.57 bits per heavy atom. The normalized spacial score (nSPS) is 47.6. The summed E-state index contributed by atoms with van der Waals surface area (Å²) in [5, 5.41) is 0. The molecular formula is C10H14O4. The molecule has 0 amide bonds. The maximum Gasteiger partial charge on any atom is 0.159 e. The minimum Gasteiger partial charge on any atom is -0.300 e. The summed E-state index contributed by atoms with van der Waals surface area (Å²) in [6.45, 7) is 3.51. The lowest BCUT2D eigenvalue weighted by atomic mass is 9.72. The van der Waals surface area contributed by atoms with E-state index >= 15 is 0 Å². The summed E-state index contributed by atoms with van der Waals surface area (Å²) < 4.78 is 0. The molecule has 4 atom stereocenters. The zero-order valence-electron chi connectivity index (χ0n) is 8.36. The molecule has 0 unspecified atom stereocenters. The second-order valence-corrected chi connectivity index (χ2v) is 4.41. The van der Waals surface area contributed by atoms with Crippen molar-refractivity contribution in [3.8, 4) is 0 Å². The summed E-state index contributed by atoms with van der Waals surface area (Å²) in [7, 11) is 0. The monoisotopic (exact) mass is 198 g/mol. The van der Waals surface area contributed by atoms with Crippen molar-refractivity contribution in [2.24, 2.45) is 11.8 Å². The number of carbonyl (C=O) groups excluding carboxylic acids is 2. The van der Waals surface area contributed by atoms with Crippen molar-refractivity contribution in [1.82, 2.24) is 0 Å². The first kappa shape index (κ1) is 9.80. The molecule has 2 rings (SSSR count). The van der Waals surface area contributed by atoms with Crippen LogP contribution in [0.5, 0.6) is 0 Å². The van der Waals surface area contributed by atoms with Crippen LogP contribution in [0.3, 0.4) is 0 Å². The maximum atomic E-state index is 11.6. The van der Waals surface area contributed by atoms with Crippen molar-refractivity contribution in [2.75, 3.05) is 0 Å². The summed E-state index contributed by atoms with van der Waals surface area (Å²) in [6.07, 6.45) is 1.73. The Hall–Kier alpha value is -0.740. The lowest BCUT2D eigenvalue weighted by Gasteiger charge is -2.44. The van der Waals surface area contributed by atoms with Gasteiger partial charge in [-0.2, -0.15) is 0 Å². The van der Waals surface area contributed by atoms with Crippen LogP contribution >= 0.6 is 0 Å². The third kappa shape index (κ3) is 1.29. The minimum atomic E-state index is -0.938. The maximum absolute atomic E-state index is 11.6. The second-order valence-electron chi connectivity index (χ2n) is 4.41. The predicted octanol–water partition coefficient (Wildman–Crippen LogP) is 0.890. The summed E-state index contributed by atoms with van der Waals surface area (Å²) in [6, 6.07) is 0. The van der Waals surface area contributed by atoms with Gasteiger partial charge in [-0.15, -0.1) is 0 Å². The quantitative estimate of drug-likeness (QED) is 0.464. The highest BCUT2D eigenvalue weighted by Crippen LogP contribution is 2.40. The average Bonchev–Trinajstić information content (AvgIpc) is 2.19. The van der Waals surface area contributed by atoms with Crippen LogP contribution in [0.2, 0.25) is 0 Å². The van der Waals surface area contributed by atoms with Gasteiger partial charge in [0.1, 0.15) is 11.9 Å². The third-order valence-corrected chi connectivity index (χ3v) is 3.43. The van der Waals surface area contributed by atoms with Crippen LogP contribution < -0.4 is 0 Å². The van der Waals surface area contributed by atoms with Crippen LogP contribution in [0.25, 0.3) is 0 Å². The van der Waals surface area contributed by atoms with Crippen LogP contribution in [-0.2, 0) is 19.4 Å². The van der Waals surface area contributed by atoms with Crippen LogP contribution in [0.15, 0.2) is 0 Å². The van der Waals surface area contributed by atoms with E-state index in [0.29, 0.717) is 6.42 Å². The molecular weight excluding hydrogens is 184 g/mol. The third-order valence-electron chi connectivity index (χ3n) is 3.43. The first-order valence-corrected chi connectivity index (χ1v) is 4.90. The predicted molar refractivity (Wildman–Crippen MR) is 47.3 cm³/mol. The van der Waals surface area contributed by atoms with Gasteiger partial charge in [-0.05, 0) is 13.3 Å². The standard InChI is InChI=1S/C10H14O4/c1-6-8(12)3-7-4-9(6)13-14-10(7,2)5-11/h5-7,9H,3-4H2,1-2H3/t6-,7+,9+,10+/m1/s1. The Balaban J connectivity index is 2.22. The molecule has 0 aromatic carbocycles. The molecule has 2 fully saturated rings. The number of rotatable bonds is 1. The Morgan fingerprint density at radius 2 is 2.29 bits per heavy atom. The molecule has 78 valence electrons. The molecule has 14 heavy (non-hydrogen) atoms. The van der Waals surface area contributed by atoms with Crippen LogP contribution in [0.4, 0.5) is 0 Å². The van der Waals surface area contributed by atoms with E-state index in [0.717, 1.165) is 12.7 Å². The number of hydrogen-bond donors (Lipinski definition) is 0. The van der Waals surface area contributed by atoms with Gasteiger partial charge in [0.15, 0.2) is 11.9 Å². The van der Waals surface area contributed by atoms with Gasteiger partial charge in [0.05, 0.1) is 0 Å². The molecule has 2 bridgehead atoms. The smallest absolute Gasteiger partial charge is 0.159 e. The Morgan fingerprint density at radius 3 is 2.93 bits per heavy atom. The summed E-state index contributed by atoms with van der Waals surface area (Å²) in [4.78, 5) is 32.6. The van der Waals surface area contributed by atoms with Crippen molar-refractivity contribution in [3.63, 3.8) is 0 Å². The molecule has 0 spiro atoms. The first-order chi connectivity index (χ1) is 6.57. The van der Waals surface area contributed by atoms with Gasteiger partial charge < -0.3 is 0 Å². The fraction of sp³-hybridized carbons (Fsp3) is 0.800. The molecule has 2 aliphatic rings. The highest BCUT2D eigenvalue weighted by Gasteiger charge is 2.49. The van der Waals surface area contributed by atoms with Crippen molar-refractivity contribution in [3.05, 3.63) is 0 Å². The molecule has 0 radical (unpaired) electrons. The molecule has 0 N–H and O–H groups in total. The summed E-state index contributed by atoms with van der Waals surface area (Å²) in [5.74, 6) is 0.0347. The lowest BCUT2D eigenvalue weighted by molar-refractivity contribution is -0.413. The highest BCUT2D eigenvalue weighted by molar-refractivity contribution is 5.83. The van der Waals surface area contributed by atoms with Crippen LogP contribution in [0.1, 0.15) is 26.7 Å². The zero-order chi connectivity index (χ0) is 10.3. The van der Waals surface area contributed by atoms with E-state index in [9.17, 15) is 9.59 Å². The van der Waals surface area contributed by atoms with E-state index in [2.05, 4.69) is 0 Å². The van der Waals surface area contributed by atoms with Gasteiger partial charge in [0.25, 0.3) is 0 Å². The molecule has 0 aromatic rings. The van der Waals surface area contributed by atoms with Crippen LogP contribution in [-0.4, -0.2) is 23.8 Å². The van der Waals surface area contributed by atoms with Crippen LogP contribution in [0, 0.1) is 11.8 Å². The molecule has 1 saturated heterocycles. The van der Waals surface area contributed by atoms with E-state index in [-0.39, 0.29) is 23.7 Å². The molecule has 1 aliphatic heterocycles. The molecule has 4 heteroatoms. The van der Waals surface area contributed by atoms with Gasteiger partial charge in [-0.1, -0.05) is 6.92 Å². The number of hydrogen-bond acceptors (Lipinski definition) is 4. The average molecular weight is 198 g/mol. The number of aldehydes is 1. The van der Waals surface area contributed by atoms with E-state index < -0.39 is 5.60 Å². The Labute approximate surface area is 82.5 Å². The fourth-order valence-corrected chi connectivity index (χ4v) is 2.11. The van der Waals surface area contributed by atoms with Crippen molar-refractivity contribution in [1.29, 1.82) is 0 Å². The summed E-state index contributed by atoms with van der Waals surface area (Å²) >= 11 is 0. The lowest BCUT2D eigenvalue weighted by Crippen LogP contribution is -2.53. The van der Waals surface area contributed by atoms with Gasteiger partial charge in [-0.3, -0.25) is 9.59 Å². The highest BCUT2D eigenvalue weighted by atomic mass is 17.2. The molecule has 1 saturated carbocycles.